The van der Waals surface area contributed by atoms with Gasteiger partial charge in [0.2, 0.25) is 0 Å². The first-order valence-corrected chi connectivity index (χ1v) is 9.35. The highest BCUT2D eigenvalue weighted by Crippen LogP contribution is 2.32. The summed E-state index contributed by atoms with van der Waals surface area (Å²) in [4.78, 5) is 14.3. The molecule has 0 atom stereocenters. The molecule has 0 aromatic heterocycles. The Balaban J connectivity index is 1.66. The van der Waals surface area contributed by atoms with Gasteiger partial charge < -0.3 is 20.9 Å². The standard InChI is InChI=1S/C21H24F2N4O/c1-3-27(4-2)10-9-24-20-8-6-15(12-18(20)23)25-13-17-16-11-14(22)5-7-19(16)26-21(17)28/h5-8,11-13,24-25H,3-4,9-10H2,1-2H3,(H,26,28)/b17-13+. The number of hydrogen-bond acceptors (Lipinski definition) is 4. The summed E-state index contributed by atoms with van der Waals surface area (Å²) in [6.07, 6.45) is 1.46. The van der Waals surface area contributed by atoms with E-state index in [1.165, 1.54) is 30.5 Å². The van der Waals surface area contributed by atoms with E-state index in [1.54, 1.807) is 12.1 Å². The number of fused-ring (bicyclic) bond motifs is 1. The number of rotatable bonds is 8. The number of nitrogens with zero attached hydrogens (tertiary/aromatic N) is 1. The Hall–Kier alpha value is -2.93. The molecule has 0 radical (unpaired) electrons. The molecule has 0 saturated heterocycles. The van der Waals surface area contributed by atoms with Gasteiger partial charge in [-0.2, -0.15) is 0 Å². The summed E-state index contributed by atoms with van der Waals surface area (Å²) in [5, 5.41) is 8.69. The van der Waals surface area contributed by atoms with Crippen molar-refractivity contribution in [3.05, 3.63) is 59.8 Å². The van der Waals surface area contributed by atoms with Crippen molar-refractivity contribution in [3.8, 4) is 0 Å². The van der Waals surface area contributed by atoms with Crippen LogP contribution in [0.1, 0.15) is 19.4 Å². The second-order valence-corrected chi connectivity index (χ2v) is 6.49. The van der Waals surface area contributed by atoms with Gasteiger partial charge in [-0.05, 0) is 49.5 Å². The molecular formula is C21H24F2N4O. The average molecular weight is 386 g/mol. The van der Waals surface area contributed by atoms with Crippen LogP contribution in [0.4, 0.5) is 25.8 Å². The van der Waals surface area contributed by atoms with Gasteiger partial charge >= 0.3 is 0 Å². The fraction of sp³-hybridized carbons (Fsp3) is 0.286. The van der Waals surface area contributed by atoms with Crippen molar-refractivity contribution in [1.82, 2.24) is 4.90 Å². The van der Waals surface area contributed by atoms with E-state index in [-0.39, 0.29) is 11.7 Å². The minimum Gasteiger partial charge on any atom is -0.381 e. The normalized spacial score (nSPS) is 14.3. The molecule has 0 unspecified atom stereocenters. The average Bonchev–Trinajstić information content (AvgIpc) is 2.99. The van der Waals surface area contributed by atoms with Crippen LogP contribution in [0.5, 0.6) is 0 Å². The van der Waals surface area contributed by atoms with Crippen molar-refractivity contribution < 1.29 is 13.6 Å². The molecule has 1 aliphatic heterocycles. The molecule has 7 heteroatoms. The zero-order valence-corrected chi connectivity index (χ0v) is 16.0. The Bertz CT molecular complexity index is 894. The van der Waals surface area contributed by atoms with Gasteiger partial charge in [0.25, 0.3) is 5.91 Å². The smallest absolute Gasteiger partial charge is 0.257 e. The maximum Gasteiger partial charge on any atom is 0.257 e. The third-order valence-corrected chi connectivity index (χ3v) is 4.75. The highest BCUT2D eigenvalue weighted by molar-refractivity contribution is 6.31. The van der Waals surface area contributed by atoms with Crippen LogP contribution < -0.4 is 16.0 Å². The van der Waals surface area contributed by atoms with E-state index in [0.29, 0.717) is 34.7 Å². The minimum atomic E-state index is -0.424. The molecule has 2 aromatic rings. The van der Waals surface area contributed by atoms with Gasteiger partial charge in [-0.15, -0.1) is 0 Å². The van der Waals surface area contributed by atoms with E-state index in [4.69, 9.17) is 0 Å². The molecule has 0 saturated carbocycles. The fourth-order valence-corrected chi connectivity index (χ4v) is 3.10. The van der Waals surface area contributed by atoms with Crippen molar-refractivity contribution in [2.75, 3.05) is 42.1 Å². The van der Waals surface area contributed by atoms with Gasteiger partial charge in [0.1, 0.15) is 11.6 Å². The van der Waals surface area contributed by atoms with E-state index >= 15 is 0 Å². The van der Waals surface area contributed by atoms with Gasteiger partial charge in [0, 0.05) is 36.2 Å². The zero-order chi connectivity index (χ0) is 20.1. The SMILES string of the molecule is CCN(CC)CCNc1ccc(N/C=C2/C(=O)Nc3ccc(F)cc32)cc1F. The molecule has 1 amide bonds. The summed E-state index contributed by atoms with van der Waals surface area (Å²) in [5.41, 5.74) is 2.26. The number of carbonyl (C=O) groups excluding carboxylic acids is 1. The Labute approximate surface area is 163 Å². The molecule has 1 heterocycles. The largest absolute Gasteiger partial charge is 0.381 e. The molecule has 0 aliphatic carbocycles. The van der Waals surface area contributed by atoms with Gasteiger partial charge in [0.15, 0.2) is 0 Å². The van der Waals surface area contributed by atoms with Crippen molar-refractivity contribution in [3.63, 3.8) is 0 Å². The number of likely N-dealkylation sites (N-methyl/N-ethyl adjacent to an activating group) is 1. The number of nitrogens with one attached hydrogen (secondary N) is 3. The number of amides is 1. The number of anilines is 3. The molecule has 1 aliphatic rings. The van der Waals surface area contributed by atoms with Gasteiger partial charge in [-0.25, -0.2) is 8.78 Å². The maximum atomic E-state index is 14.3. The first-order valence-electron chi connectivity index (χ1n) is 9.35. The van der Waals surface area contributed by atoms with Gasteiger partial charge in [0.05, 0.1) is 11.3 Å². The third-order valence-electron chi connectivity index (χ3n) is 4.75. The number of halogens is 2. The van der Waals surface area contributed by atoms with Crippen LogP contribution in [-0.4, -0.2) is 37.0 Å². The predicted octanol–water partition coefficient (Wildman–Crippen LogP) is 4.12. The molecular weight excluding hydrogens is 362 g/mol. The molecule has 28 heavy (non-hydrogen) atoms. The lowest BCUT2D eigenvalue weighted by Gasteiger charge is -2.18. The molecule has 0 fully saturated rings. The maximum absolute atomic E-state index is 14.3. The summed E-state index contributed by atoms with van der Waals surface area (Å²) in [6, 6.07) is 8.83. The second-order valence-electron chi connectivity index (χ2n) is 6.49. The Morgan fingerprint density at radius 2 is 1.89 bits per heavy atom. The lowest BCUT2D eigenvalue weighted by molar-refractivity contribution is -0.110. The molecule has 148 valence electrons. The summed E-state index contributed by atoms with van der Waals surface area (Å²) in [5.74, 6) is -1.14. The van der Waals surface area contributed by atoms with Crippen LogP contribution in [0.2, 0.25) is 0 Å². The Morgan fingerprint density at radius 3 is 2.61 bits per heavy atom. The number of benzene rings is 2. The molecule has 0 bridgehead atoms. The topological polar surface area (TPSA) is 56.4 Å². The van der Waals surface area contributed by atoms with Crippen molar-refractivity contribution >= 4 is 28.5 Å². The summed E-state index contributed by atoms with van der Waals surface area (Å²) >= 11 is 0. The van der Waals surface area contributed by atoms with Crippen LogP contribution >= 0.6 is 0 Å². The van der Waals surface area contributed by atoms with E-state index in [0.717, 1.165) is 19.6 Å². The van der Waals surface area contributed by atoms with Gasteiger partial charge in [-0.3, -0.25) is 4.79 Å². The monoisotopic (exact) mass is 386 g/mol. The Kier molecular flexibility index (Phi) is 6.26. The van der Waals surface area contributed by atoms with Crippen LogP contribution in [0.25, 0.3) is 5.57 Å². The Morgan fingerprint density at radius 1 is 1.11 bits per heavy atom. The van der Waals surface area contributed by atoms with Crippen molar-refractivity contribution in [1.29, 1.82) is 0 Å². The summed E-state index contributed by atoms with van der Waals surface area (Å²) in [6.45, 7) is 7.59. The van der Waals surface area contributed by atoms with Crippen LogP contribution in [0, 0.1) is 11.6 Å². The fourth-order valence-electron chi connectivity index (χ4n) is 3.10. The lowest BCUT2D eigenvalue weighted by Crippen LogP contribution is -2.28. The first-order chi connectivity index (χ1) is 13.5. The van der Waals surface area contributed by atoms with Crippen LogP contribution in [0.3, 0.4) is 0 Å². The molecule has 2 aromatic carbocycles. The quantitative estimate of drug-likeness (QED) is 0.598. The van der Waals surface area contributed by atoms with Crippen molar-refractivity contribution in [2.45, 2.75) is 13.8 Å². The zero-order valence-electron chi connectivity index (χ0n) is 16.0. The molecule has 5 nitrogen and oxygen atoms in total. The van der Waals surface area contributed by atoms with E-state index in [9.17, 15) is 13.6 Å². The minimum absolute atomic E-state index is 0.302. The van der Waals surface area contributed by atoms with Crippen LogP contribution in [-0.2, 0) is 4.79 Å². The number of carbonyl (C=O) groups is 1. The third kappa shape index (κ3) is 4.48. The second kappa shape index (κ2) is 8.84. The van der Waals surface area contributed by atoms with Crippen LogP contribution in [0.15, 0.2) is 42.6 Å². The predicted molar refractivity (Wildman–Crippen MR) is 109 cm³/mol. The molecule has 0 spiro atoms. The first kappa shape index (κ1) is 19.8. The molecule has 3 N–H and O–H groups in total. The highest BCUT2D eigenvalue weighted by atomic mass is 19.1. The van der Waals surface area contributed by atoms with Crippen molar-refractivity contribution in [2.24, 2.45) is 0 Å². The molecule has 3 rings (SSSR count). The van der Waals surface area contributed by atoms with E-state index in [1.807, 2.05) is 0 Å². The number of hydrogen-bond donors (Lipinski definition) is 3. The van der Waals surface area contributed by atoms with E-state index < -0.39 is 5.82 Å². The summed E-state index contributed by atoms with van der Waals surface area (Å²) < 4.78 is 27.8. The van der Waals surface area contributed by atoms with Gasteiger partial charge in [-0.1, -0.05) is 13.8 Å². The summed E-state index contributed by atoms with van der Waals surface area (Å²) in [7, 11) is 0. The lowest BCUT2D eigenvalue weighted by atomic mass is 10.1. The van der Waals surface area contributed by atoms with E-state index in [2.05, 4.69) is 34.7 Å². The highest BCUT2D eigenvalue weighted by Gasteiger charge is 2.24.